The highest BCUT2D eigenvalue weighted by Gasteiger charge is 2.14. The monoisotopic (exact) mass is 264 g/mol. The van der Waals surface area contributed by atoms with E-state index in [0.717, 1.165) is 29.7 Å². The third kappa shape index (κ3) is 4.06. The quantitative estimate of drug-likeness (QED) is 0.471. The van der Waals surface area contributed by atoms with Gasteiger partial charge in [0.15, 0.2) is 0 Å². The Hall–Kier alpha value is -1.88. The molecule has 5 heteroatoms. The lowest BCUT2D eigenvalue weighted by atomic mass is 9.99. The summed E-state index contributed by atoms with van der Waals surface area (Å²) in [5, 5.41) is 12.7. The van der Waals surface area contributed by atoms with Crippen molar-refractivity contribution < 1.29 is 14.8 Å². The summed E-state index contributed by atoms with van der Waals surface area (Å²) >= 11 is 0. The Morgan fingerprint density at radius 1 is 1.42 bits per heavy atom. The molecule has 5 nitrogen and oxygen atoms in total. The van der Waals surface area contributed by atoms with Crippen LogP contribution >= 0.6 is 0 Å². The first-order valence-corrected chi connectivity index (χ1v) is 6.34. The number of amides is 1. The standard InChI is InChI=1S/C14H20N2O3/c1-4-10(3)16-19-9-13-11(5-2)7-6-8-12(13)14(17)15-18/h6-8,18H,4-5,9H2,1-3H3,(H,15,17). The molecule has 0 unspecified atom stereocenters. The third-order valence-electron chi connectivity index (χ3n) is 2.94. The SMILES string of the molecule is CCC(C)=NOCc1c(CC)cccc1C(=O)NO. The van der Waals surface area contributed by atoms with Gasteiger partial charge in [-0.1, -0.05) is 31.1 Å². The third-order valence-corrected chi connectivity index (χ3v) is 2.94. The van der Waals surface area contributed by atoms with Crippen molar-refractivity contribution in [2.45, 2.75) is 40.2 Å². The van der Waals surface area contributed by atoms with E-state index < -0.39 is 5.91 Å². The number of nitrogens with zero attached hydrogens (tertiary/aromatic N) is 1. The number of carbonyl (C=O) groups excluding carboxylic acids is 1. The zero-order chi connectivity index (χ0) is 14.3. The number of hydrogen-bond acceptors (Lipinski definition) is 4. The van der Waals surface area contributed by atoms with Gasteiger partial charge in [0.2, 0.25) is 0 Å². The Labute approximate surface area is 113 Å². The maximum Gasteiger partial charge on any atom is 0.275 e. The topological polar surface area (TPSA) is 70.9 Å². The zero-order valence-corrected chi connectivity index (χ0v) is 11.6. The second-order valence-corrected chi connectivity index (χ2v) is 4.19. The van der Waals surface area contributed by atoms with Crippen LogP contribution < -0.4 is 5.48 Å². The van der Waals surface area contributed by atoms with Crippen molar-refractivity contribution >= 4 is 11.6 Å². The predicted octanol–water partition coefficient (Wildman–Crippen LogP) is 2.67. The molecule has 104 valence electrons. The van der Waals surface area contributed by atoms with Crippen molar-refractivity contribution in [1.82, 2.24) is 5.48 Å². The Bertz CT molecular complexity index is 470. The van der Waals surface area contributed by atoms with Gasteiger partial charge in [0.05, 0.1) is 5.71 Å². The number of hydroxylamine groups is 1. The lowest BCUT2D eigenvalue weighted by molar-refractivity contribution is 0.0698. The van der Waals surface area contributed by atoms with Crippen LogP contribution in [0, 0.1) is 0 Å². The lowest BCUT2D eigenvalue weighted by Gasteiger charge is -2.11. The van der Waals surface area contributed by atoms with E-state index in [-0.39, 0.29) is 6.61 Å². The fraction of sp³-hybridized carbons (Fsp3) is 0.429. The molecule has 0 aliphatic carbocycles. The number of hydrogen-bond donors (Lipinski definition) is 2. The Kier molecular flexibility index (Phi) is 6.02. The zero-order valence-electron chi connectivity index (χ0n) is 11.6. The summed E-state index contributed by atoms with van der Waals surface area (Å²) < 4.78 is 0. The van der Waals surface area contributed by atoms with E-state index in [0.29, 0.717) is 5.56 Å². The molecule has 0 aliphatic heterocycles. The maximum atomic E-state index is 11.6. The van der Waals surface area contributed by atoms with Gasteiger partial charge < -0.3 is 4.84 Å². The molecule has 19 heavy (non-hydrogen) atoms. The first kappa shape index (κ1) is 15.2. The number of nitrogens with one attached hydrogen (secondary N) is 1. The van der Waals surface area contributed by atoms with E-state index in [9.17, 15) is 4.79 Å². The molecule has 0 bridgehead atoms. The largest absolute Gasteiger partial charge is 0.391 e. The maximum absolute atomic E-state index is 11.6. The van der Waals surface area contributed by atoms with Crippen LogP contribution in [0.25, 0.3) is 0 Å². The fourth-order valence-electron chi connectivity index (χ4n) is 1.68. The highest BCUT2D eigenvalue weighted by atomic mass is 16.6. The number of aryl methyl sites for hydroxylation is 1. The van der Waals surface area contributed by atoms with E-state index in [1.54, 1.807) is 17.6 Å². The minimum atomic E-state index is -0.537. The van der Waals surface area contributed by atoms with Gasteiger partial charge in [-0.2, -0.15) is 0 Å². The molecule has 1 aromatic carbocycles. The first-order chi connectivity index (χ1) is 9.13. The molecule has 0 aromatic heterocycles. The van der Waals surface area contributed by atoms with Gasteiger partial charge in [-0.05, 0) is 31.4 Å². The lowest BCUT2D eigenvalue weighted by Crippen LogP contribution is -2.21. The molecular formula is C14H20N2O3. The normalized spacial score (nSPS) is 11.3. The number of carbonyl (C=O) groups is 1. The van der Waals surface area contributed by atoms with Crippen LogP contribution in [-0.4, -0.2) is 16.8 Å². The molecule has 0 saturated carbocycles. The molecule has 2 N–H and O–H groups in total. The second-order valence-electron chi connectivity index (χ2n) is 4.19. The van der Waals surface area contributed by atoms with Gasteiger partial charge in [-0.3, -0.25) is 10.0 Å². The first-order valence-electron chi connectivity index (χ1n) is 6.34. The second kappa shape index (κ2) is 7.53. The summed E-state index contributed by atoms with van der Waals surface area (Å²) in [6.07, 6.45) is 1.60. The van der Waals surface area contributed by atoms with E-state index in [2.05, 4.69) is 5.16 Å². The van der Waals surface area contributed by atoms with Crippen LogP contribution in [-0.2, 0) is 17.9 Å². The van der Waals surface area contributed by atoms with Crippen molar-refractivity contribution in [3.63, 3.8) is 0 Å². The van der Waals surface area contributed by atoms with E-state index in [1.807, 2.05) is 26.8 Å². The summed E-state index contributed by atoms with van der Waals surface area (Å²) in [4.78, 5) is 16.9. The van der Waals surface area contributed by atoms with Crippen molar-refractivity contribution in [2.75, 3.05) is 0 Å². The van der Waals surface area contributed by atoms with Crippen LogP contribution in [0.4, 0.5) is 0 Å². The molecule has 0 fully saturated rings. The Balaban J connectivity index is 2.98. The summed E-state index contributed by atoms with van der Waals surface area (Å²) in [6.45, 7) is 6.09. The highest BCUT2D eigenvalue weighted by Crippen LogP contribution is 2.17. The molecule has 1 rings (SSSR count). The molecule has 0 radical (unpaired) electrons. The Morgan fingerprint density at radius 2 is 2.16 bits per heavy atom. The van der Waals surface area contributed by atoms with Gasteiger partial charge in [0, 0.05) is 11.1 Å². The average molecular weight is 264 g/mol. The fourth-order valence-corrected chi connectivity index (χ4v) is 1.68. The molecule has 1 aromatic rings. The molecule has 0 spiro atoms. The number of benzene rings is 1. The molecule has 0 saturated heterocycles. The highest BCUT2D eigenvalue weighted by molar-refractivity contribution is 5.95. The molecule has 0 atom stereocenters. The molecular weight excluding hydrogens is 244 g/mol. The van der Waals surface area contributed by atoms with E-state index in [4.69, 9.17) is 10.0 Å². The van der Waals surface area contributed by atoms with Crippen molar-refractivity contribution in [3.05, 3.63) is 34.9 Å². The smallest absolute Gasteiger partial charge is 0.275 e. The average Bonchev–Trinajstić information content (AvgIpc) is 2.46. The predicted molar refractivity (Wildman–Crippen MR) is 73.3 cm³/mol. The minimum absolute atomic E-state index is 0.212. The van der Waals surface area contributed by atoms with Crippen molar-refractivity contribution in [3.8, 4) is 0 Å². The minimum Gasteiger partial charge on any atom is -0.391 e. The molecule has 0 heterocycles. The van der Waals surface area contributed by atoms with Gasteiger partial charge in [0.25, 0.3) is 5.91 Å². The van der Waals surface area contributed by atoms with Crippen LogP contribution in [0.5, 0.6) is 0 Å². The van der Waals surface area contributed by atoms with Crippen LogP contribution in [0.2, 0.25) is 0 Å². The molecule has 1 amide bonds. The summed E-state index contributed by atoms with van der Waals surface area (Å²) in [5.41, 5.74) is 4.71. The summed E-state index contributed by atoms with van der Waals surface area (Å²) in [5.74, 6) is -0.537. The van der Waals surface area contributed by atoms with Crippen LogP contribution in [0.15, 0.2) is 23.4 Å². The van der Waals surface area contributed by atoms with Crippen molar-refractivity contribution in [2.24, 2.45) is 5.16 Å². The Morgan fingerprint density at radius 3 is 2.74 bits per heavy atom. The van der Waals surface area contributed by atoms with Gasteiger partial charge >= 0.3 is 0 Å². The van der Waals surface area contributed by atoms with Crippen molar-refractivity contribution in [1.29, 1.82) is 0 Å². The summed E-state index contributed by atoms with van der Waals surface area (Å²) in [7, 11) is 0. The van der Waals surface area contributed by atoms with Crippen LogP contribution in [0.1, 0.15) is 48.7 Å². The van der Waals surface area contributed by atoms with Gasteiger partial charge in [0.1, 0.15) is 6.61 Å². The van der Waals surface area contributed by atoms with E-state index >= 15 is 0 Å². The summed E-state index contributed by atoms with van der Waals surface area (Å²) in [6, 6.07) is 5.37. The van der Waals surface area contributed by atoms with E-state index in [1.165, 1.54) is 0 Å². The number of oxime groups is 1. The van der Waals surface area contributed by atoms with Gasteiger partial charge in [-0.25, -0.2) is 5.48 Å². The molecule has 0 aliphatic rings. The van der Waals surface area contributed by atoms with Crippen LogP contribution in [0.3, 0.4) is 0 Å². The number of rotatable bonds is 6. The van der Waals surface area contributed by atoms with Gasteiger partial charge in [-0.15, -0.1) is 0 Å².